The summed E-state index contributed by atoms with van der Waals surface area (Å²) in [4.78, 5) is 12.2. The first-order valence-electron chi connectivity index (χ1n) is 10.6. The molecule has 6 nitrogen and oxygen atoms in total. The van der Waals surface area contributed by atoms with Crippen LogP contribution in [-0.2, 0) is 12.8 Å². The molecule has 0 unspecified atom stereocenters. The van der Waals surface area contributed by atoms with Gasteiger partial charge in [-0.1, -0.05) is 0 Å². The Morgan fingerprint density at radius 3 is 2.64 bits per heavy atom. The minimum Gasteiger partial charge on any atom is -0.444 e. The van der Waals surface area contributed by atoms with Gasteiger partial charge in [0.25, 0.3) is 0 Å². The zero-order chi connectivity index (χ0) is 22.3. The smallest absolute Gasteiger partial charge is 0.226 e. The third kappa shape index (κ3) is 6.53. The molecule has 0 radical (unpaired) electrons. The average molecular weight is 565 g/mol. The molecule has 9 heteroatoms. The Balaban J connectivity index is 0.00000306. The van der Waals surface area contributed by atoms with Gasteiger partial charge < -0.3 is 20.0 Å². The number of H-pyrrole nitrogens is 1. The molecule has 0 spiro atoms. The van der Waals surface area contributed by atoms with Crippen molar-refractivity contribution in [2.24, 2.45) is 4.99 Å². The Kier molecular flexibility index (Phi) is 8.81. The fraction of sp³-hybridized carbons (Fsp3) is 0.250. The minimum absolute atomic E-state index is 0. The summed E-state index contributed by atoms with van der Waals surface area (Å²) >= 11 is 0. The standard InChI is InChI=1S/C24H25F2N5O.HI/c1-2-27-24(28-11-9-17-14-30-22-13-19(26)7-8-21(17)22)29-12-10-20-15-32-23(31-20)16-3-5-18(25)6-4-16;/h3-8,13-15,30H,2,9-12H2,1H3,(H2,27,28,29);1H. The topological polar surface area (TPSA) is 78.2 Å². The number of hydrogen-bond donors (Lipinski definition) is 3. The van der Waals surface area contributed by atoms with E-state index in [9.17, 15) is 8.78 Å². The predicted octanol–water partition coefficient (Wildman–Crippen LogP) is 5.06. The zero-order valence-electron chi connectivity index (χ0n) is 18.2. The maximum atomic E-state index is 13.4. The van der Waals surface area contributed by atoms with Crippen LogP contribution in [0.1, 0.15) is 18.2 Å². The molecule has 0 aliphatic carbocycles. The van der Waals surface area contributed by atoms with Crippen LogP contribution < -0.4 is 10.6 Å². The van der Waals surface area contributed by atoms with Crippen molar-refractivity contribution in [2.75, 3.05) is 19.6 Å². The van der Waals surface area contributed by atoms with E-state index in [0.717, 1.165) is 46.6 Å². The SMILES string of the molecule is CCNC(=NCCc1coc(-c2ccc(F)cc2)n1)NCCc1c[nH]c2cc(F)ccc12.I. The minimum atomic E-state index is -0.295. The van der Waals surface area contributed by atoms with Crippen molar-refractivity contribution in [3.8, 4) is 11.5 Å². The fourth-order valence-electron chi connectivity index (χ4n) is 3.45. The highest BCUT2D eigenvalue weighted by Gasteiger charge is 2.08. The Labute approximate surface area is 207 Å². The lowest BCUT2D eigenvalue weighted by molar-refractivity contribution is 0.572. The second kappa shape index (κ2) is 11.8. The van der Waals surface area contributed by atoms with Gasteiger partial charge in [-0.05, 0) is 61.4 Å². The van der Waals surface area contributed by atoms with Crippen LogP contribution in [0, 0.1) is 11.6 Å². The number of aromatic amines is 1. The van der Waals surface area contributed by atoms with Gasteiger partial charge in [0.1, 0.15) is 17.9 Å². The monoisotopic (exact) mass is 565 g/mol. The Morgan fingerprint density at radius 2 is 1.85 bits per heavy atom. The van der Waals surface area contributed by atoms with E-state index in [1.807, 2.05) is 13.1 Å². The van der Waals surface area contributed by atoms with Crippen LogP contribution in [-0.4, -0.2) is 35.6 Å². The van der Waals surface area contributed by atoms with Crippen molar-refractivity contribution < 1.29 is 13.2 Å². The summed E-state index contributed by atoms with van der Waals surface area (Å²) in [7, 11) is 0. The molecule has 33 heavy (non-hydrogen) atoms. The summed E-state index contributed by atoms with van der Waals surface area (Å²) in [6.45, 7) is 3.99. The fourth-order valence-corrected chi connectivity index (χ4v) is 3.45. The molecule has 2 aromatic carbocycles. The van der Waals surface area contributed by atoms with Crippen molar-refractivity contribution in [1.29, 1.82) is 0 Å². The van der Waals surface area contributed by atoms with E-state index in [1.54, 1.807) is 24.5 Å². The van der Waals surface area contributed by atoms with Crippen LogP contribution in [0.3, 0.4) is 0 Å². The van der Waals surface area contributed by atoms with Crippen LogP contribution in [0.4, 0.5) is 8.78 Å². The van der Waals surface area contributed by atoms with Crippen LogP contribution in [0.25, 0.3) is 22.4 Å². The number of guanidine groups is 1. The molecule has 0 saturated heterocycles. The maximum absolute atomic E-state index is 13.4. The normalized spacial score (nSPS) is 11.4. The van der Waals surface area contributed by atoms with E-state index >= 15 is 0 Å². The number of nitrogens with zero attached hydrogens (tertiary/aromatic N) is 2. The van der Waals surface area contributed by atoms with Gasteiger partial charge in [0.2, 0.25) is 5.89 Å². The Morgan fingerprint density at radius 1 is 1.06 bits per heavy atom. The first kappa shape index (κ1) is 24.7. The highest BCUT2D eigenvalue weighted by molar-refractivity contribution is 14.0. The molecule has 4 aromatic rings. The number of benzene rings is 2. The maximum Gasteiger partial charge on any atom is 0.226 e. The molecule has 4 rings (SSSR count). The van der Waals surface area contributed by atoms with E-state index in [2.05, 4.69) is 25.6 Å². The van der Waals surface area contributed by atoms with E-state index in [1.165, 1.54) is 24.3 Å². The summed E-state index contributed by atoms with van der Waals surface area (Å²) in [5.41, 5.74) is 3.44. The van der Waals surface area contributed by atoms with Crippen molar-refractivity contribution in [3.63, 3.8) is 0 Å². The number of aliphatic imine (C=N–C) groups is 1. The second-order valence-corrected chi connectivity index (χ2v) is 7.34. The number of oxazole rings is 1. The van der Waals surface area contributed by atoms with Crippen LogP contribution in [0.5, 0.6) is 0 Å². The lowest BCUT2D eigenvalue weighted by atomic mass is 10.1. The molecular weight excluding hydrogens is 539 g/mol. The van der Waals surface area contributed by atoms with Crippen LogP contribution >= 0.6 is 24.0 Å². The van der Waals surface area contributed by atoms with E-state index in [0.29, 0.717) is 25.4 Å². The summed E-state index contributed by atoms with van der Waals surface area (Å²) in [5, 5.41) is 7.59. The average Bonchev–Trinajstić information content (AvgIpc) is 3.41. The van der Waals surface area contributed by atoms with E-state index < -0.39 is 0 Å². The Hall–Kier alpha value is -2.95. The lowest BCUT2D eigenvalue weighted by Gasteiger charge is -2.10. The zero-order valence-corrected chi connectivity index (χ0v) is 20.5. The molecular formula is C24H26F2IN5O. The van der Waals surface area contributed by atoms with Crippen molar-refractivity contribution in [3.05, 3.63) is 77.8 Å². The molecule has 0 amide bonds. The molecule has 2 aromatic heterocycles. The van der Waals surface area contributed by atoms with Crippen molar-refractivity contribution in [1.82, 2.24) is 20.6 Å². The van der Waals surface area contributed by atoms with Gasteiger partial charge >= 0.3 is 0 Å². The van der Waals surface area contributed by atoms with Crippen molar-refractivity contribution >= 4 is 40.8 Å². The molecule has 0 bridgehead atoms. The number of halogens is 3. The van der Waals surface area contributed by atoms with E-state index in [-0.39, 0.29) is 35.6 Å². The van der Waals surface area contributed by atoms with Gasteiger partial charge in [-0.25, -0.2) is 13.8 Å². The van der Waals surface area contributed by atoms with Crippen LogP contribution in [0.15, 0.2) is 64.3 Å². The molecule has 0 saturated carbocycles. The molecule has 0 atom stereocenters. The lowest BCUT2D eigenvalue weighted by Crippen LogP contribution is -2.38. The second-order valence-electron chi connectivity index (χ2n) is 7.34. The van der Waals surface area contributed by atoms with Gasteiger partial charge in [0, 0.05) is 48.7 Å². The number of fused-ring (bicyclic) bond motifs is 1. The van der Waals surface area contributed by atoms with Gasteiger partial charge in [-0.15, -0.1) is 24.0 Å². The van der Waals surface area contributed by atoms with Gasteiger partial charge in [0.15, 0.2) is 5.96 Å². The number of hydrogen-bond acceptors (Lipinski definition) is 3. The molecule has 2 heterocycles. The quantitative estimate of drug-likeness (QED) is 0.159. The third-order valence-corrected chi connectivity index (χ3v) is 5.04. The largest absolute Gasteiger partial charge is 0.444 e. The van der Waals surface area contributed by atoms with E-state index in [4.69, 9.17) is 4.42 Å². The Bertz CT molecular complexity index is 1200. The number of nitrogens with one attached hydrogen (secondary N) is 3. The summed E-state index contributed by atoms with van der Waals surface area (Å²) < 4.78 is 31.9. The highest BCUT2D eigenvalue weighted by atomic mass is 127. The molecule has 3 N–H and O–H groups in total. The van der Waals surface area contributed by atoms with Gasteiger partial charge in [-0.2, -0.15) is 0 Å². The molecule has 174 valence electrons. The highest BCUT2D eigenvalue weighted by Crippen LogP contribution is 2.20. The predicted molar refractivity (Wildman–Crippen MR) is 137 cm³/mol. The summed E-state index contributed by atoms with van der Waals surface area (Å²) in [5.74, 6) is 0.646. The van der Waals surface area contributed by atoms with Gasteiger partial charge in [0.05, 0.1) is 5.69 Å². The molecule has 0 aliphatic heterocycles. The number of rotatable bonds is 8. The first-order chi connectivity index (χ1) is 15.6. The van der Waals surface area contributed by atoms with Gasteiger partial charge in [-0.3, -0.25) is 4.99 Å². The first-order valence-corrected chi connectivity index (χ1v) is 10.6. The molecule has 0 aliphatic rings. The van der Waals surface area contributed by atoms with Crippen molar-refractivity contribution in [2.45, 2.75) is 19.8 Å². The van der Waals surface area contributed by atoms with Crippen LogP contribution in [0.2, 0.25) is 0 Å². The summed E-state index contributed by atoms with van der Waals surface area (Å²) in [6, 6.07) is 10.8. The summed E-state index contributed by atoms with van der Waals surface area (Å²) in [6.07, 6.45) is 4.92. The number of aromatic nitrogens is 2. The molecule has 0 fully saturated rings. The third-order valence-electron chi connectivity index (χ3n) is 5.04.